The van der Waals surface area contributed by atoms with Crippen molar-refractivity contribution in [3.63, 3.8) is 0 Å². The van der Waals surface area contributed by atoms with Gasteiger partial charge in [0.25, 0.3) is 0 Å². The van der Waals surface area contributed by atoms with Crippen molar-refractivity contribution in [1.82, 2.24) is 4.90 Å². The minimum absolute atomic E-state index is 0.0827. The van der Waals surface area contributed by atoms with Crippen LogP contribution in [0.5, 0.6) is 11.5 Å². The molecule has 23 heavy (non-hydrogen) atoms. The molecule has 1 atom stereocenters. The Morgan fingerprint density at radius 3 is 2.35 bits per heavy atom. The molecule has 0 saturated heterocycles. The van der Waals surface area contributed by atoms with E-state index in [0.29, 0.717) is 12.3 Å². The molecule has 1 heterocycles. The molecule has 0 fully saturated rings. The van der Waals surface area contributed by atoms with Gasteiger partial charge in [-0.2, -0.15) is 0 Å². The zero-order valence-electron chi connectivity index (χ0n) is 13.7. The molecular weight excluding hydrogens is 290 g/mol. The second kappa shape index (κ2) is 6.32. The third-order valence-corrected chi connectivity index (χ3v) is 4.39. The lowest BCUT2D eigenvalue weighted by Gasteiger charge is -2.37. The number of ether oxygens (including phenoxy) is 2. The Balaban J connectivity index is 2.17. The maximum Gasteiger partial charge on any atom is 0.220 e. The quantitative estimate of drug-likeness (QED) is 0.874. The van der Waals surface area contributed by atoms with E-state index in [4.69, 9.17) is 9.47 Å². The summed E-state index contributed by atoms with van der Waals surface area (Å²) in [6.45, 7) is 2.33. The van der Waals surface area contributed by atoms with Crippen LogP contribution >= 0.6 is 0 Å². The molecule has 0 unspecified atom stereocenters. The molecular formula is C19H21NO3. The van der Waals surface area contributed by atoms with Crippen molar-refractivity contribution in [3.05, 3.63) is 59.2 Å². The van der Waals surface area contributed by atoms with E-state index in [2.05, 4.69) is 12.1 Å². The number of amides is 1. The van der Waals surface area contributed by atoms with Crippen LogP contribution in [0.3, 0.4) is 0 Å². The van der Waals surface area contributed by atoms with Crippen LogP contribution in [0.4, 0.5) is 0 Å². The molecule has 1 amide bonds. The Labute approximate surface area is 136 Å². The zero-order chi connectivity index (χ0) is 16.4. The molecule has 2 aromatic rings. The molecule has 3 rings (SSSR count). The monoisotopic (exact) mass is 311 g/mol. The van der Waals surface area contributed by atoms with Crippen molar-refractivity contribution in [2.24, 2.45) is 0 Å². The van der Waals surface area contributed by atoms with Gasteiger partial charge < -0.3 is 14.4 Å². The summed E-state index contributed by atoms with van der Waals surface area (Å²) in [5, 5.41) is 0. The van der Waals surface area contributed by atoms with E-state index in [1.807, 2.05) is 35.2 Å². The first-order chi connectivity index (χ1) is 11.2. The van der Waals surface area contributed by atoms with Gasteiger partial charge in [0.05, 0.1) is 20.3 Å². The van der Waals surface area contributed by atoms with Gasteiger partial charge in [0.2, 0.25) is 5.91 Å². The molecule has 2 aromatic carbocycles. The minimum Gasteiger partial charge on any atom is -0.493 e. The fourth-order valence-corrected chi connectivity index (χ4v) is 3.28. The topological polar surface area (TPSA) is 38.8 Å². The summed E-state index contributed by atoms with van der Waals surface area (Å²) < 4.78 is 10.9. The molecule has 4 nitrogen and oxygen atoms in total. The zero-order valence-corrected chi connectivity index (χ0v) is 13.7. The summed E-state index contributed by atoms with van der Waals surface area (Å²) in [6, 6.07) is 14.1. The molecule has 1 aliphatic rings. The Kier molecular flexibility index (Phi) is 4.24. The van der Waals surface area contributed by atoms with Gasteiger partial charge in [0.1, 0.15) is 0 Å². The third-order valence-electron chi connectivity index (χ3n) is 4.39. The van der Waals surface area contributed by atoms with Gasteiger partial charge in [-0.25, -0.2) is 0 Å². The molecule has 0 aliphatic carbocycles. The summed E-state index contributed by atoms with van der Waals surface area (Å²) in [6.07, 6.45) is 0.818. The van der Waals surface area contributed by atoms with Crippen molar-refractivity contribution in [1.29, 1.82) is 0 Å². The van der Waals surface area contributed by atoms with Crippen molar-refractivity contribution in [3.8, 4) is 11.5 Å². The van der Waals surface area contributed by atoms with E-state index in [0.717, 1.165) is 23.3 Å². The number of rotatable bonds is 3. The molecule has 0 bridgehead atoms. The van der Waals surface area contributed by atoms with Crippen molar-refractivity contribution < 1.29 is 14.3 Å². The SMILES string of the molecule is COc1cc2c(cc1OC)[C@@H](c1ccccc1)N(C(C)=O)CC2. The van der Waals surface area contributed by atoms with Crippen LogP contribution in [0, 0.1) is 0 Å². The molecule has 0 N–H and O–H groups in total. The number of benzene rings is 2. The highest BCUT2D eigenvalue weighted by molar-refractivity contribution is 5.75. The van der Waals surface area contributed by atoms with Gasteiger partial charge in [-0.15, -0.1) is 0 Å². The van der Waals surface area contributed by atoms with Gasteiger partial charge in [-0.3, -0.25) is 4.79 Å². The first kappa shape index (κ1) is 15.4. The molecule has 0 aromatic heterocycles. The summed E-state index contributed by atoms with van der Waals surface area (Å²) >= 11 is 0. The van der Waals surface area contributed by atoms with Gasteiger partial charge >= 0.3 is 0 Å². The van der Waals surface area contributed by atoms with E-state index in [1.165, 1.54) is 5.56 Å². The van der Waals surface area contributed by atoms with Crippen molar-refractivity contribution >= 4 is 5.91 Å². The number of fused-ring (bicyclic) bond motifs is 1. The largest absolute Gasteiger partial charge is 0.493 e. The van der Waals surface area contributed by atoms with E-state index in [9.17, 15) is 4.79 Å². The summed E-state index contributed by atoms with van der Waals surface area (Å²) in [7, 11) is 3.27. The van der Waals surface area contributed by atoms with Crippen molar-refractivity contribution in [2.45, 2.75) is 19.4 Å². The fourth-order valence-electron chi connectivity index (χ4n) is 3.28. The van der Waals surface area contributed by atoms with E-state index >= 15 is 0 Å². The second-order valence-corrected chi connectivity index (χ2v) is 5.68. The predicted octanol–water partition coefficient (Wildman–Crippen LogP) is 3.20. The highest BCUT2D eigenvalue weighted by atomic mass is 16.5. The summed E-state index contributed by atoms with van der Waals surface area (Å²) in [4.78, 5) is 14.1. The molecule has 0 spiro atoms. The average Bonchev–Trinajstić information content (AvgIpc) is 2.59. The van der Waals surface area contributed by atoms with E-state index in [-0.39, 0.29) is 11.9 Å². The van der Waals surface area contributed by atoms with Gasteiger partial charge in [-0.05, 0) is 35.2 Å². The minimum atomic E-state index is -0.0859. The first-order valence-electron chi connectivity index (χ1n) is 7.72. The lowest BCUT2D eigenvalue weighted by atomic mass is 9.87. The Morgan fingerprint density at radius 1 is 1.09 bits per heavy atom. The van der Waals surface area contributed by atoms with Crippen LogP contribution < -0.4 is 9.47 Å². The molecule has 4 heteroatoms. The predicted molar refractivity (Wildman–Crippen MR) is 88.9 cm³/mol. The number of hydrogen-bond acceptors (Lipinski definition) is 3. The highest BCUT2D eigenvalue weighted by Gasteiger charge is 2.31. The number of nitrogens with zero attached hydrogens (tertiary/aromatic N) is 1. The maximum absolute atomic E-state index is 12.1. The van der Waals surface area contributed by atoms with Gasteiger partial charge in [-0.1, -0.05) is 30.3 Å². The first-order valence-corrected chi connectivity index (χ1v) is 7.72. The summed E-state index contributed by atoms with van der Waals surface area (Å²) in [5.41, 5.74) is 3.42. The fraction of sp³-hybridized carbons (Fsp3) is 0.316. The smallest absolute Gasteiger partial charge is 0.220 e. The summed E-state index contributed by atoms with van der Waals surface area (Å²) in [5.74, 6) is 1.51. The Bertz CT molecular complexity index is 712. The number of carbonyl (C=O) groups is 1. The third kappa shape index (κ3) is 2.77. The van der Waals surface area contributed by atoms with Crippen LogP contribution in [0.1, 0.15) is 29.7 Å². The molecule has 0 saturated carbocycles. The number of carbonyl (C=O) groups excluding carboxylic acids is 1. The Hall–Kier alpha value is -2.49. The average molecular weight is 311 g/mol. The number of methoxy groups -OCH3 is 2. The van der Waals surface area contributed by atoms with Crippen LogP contribution in [-0.2, 0) is 11.2 Å². The van der Waals surface area contributed by atoms with Crippen LogP contribution in [0.25, 0.3) is 0 Å². The van der Waals surface area contributed by atoms with Gasteiger partial charge in [0, 0.05) is 13.5 Å². The Morgan fingerprint density at radius 2 is 1.74 bits per heavy atom. The lowest BCUT2D eigenvalue weighted by molar-refractivity contribution is -0.130. The van der Waals surface area contributed by atoms with Crippen LogP contribution in [-0.4, -0.2) is 31.6 Å². The maximum atomic E-state index is 12.1. The van der Waals surface area contributed by atoms with E-state index < -0.39 is 0 Å². The molecule has 0 radical (unpaired) electrons. The highest BCUT2D eigenvalue weighted by Crippen LogP contribution is 2.40. The normalized spacial score (nSPS) is 16.7. The van der Waals surface area contributed by atoms with Crippen LogP contribution in [0.15, 0.2) is 42.5 Å². The van der Waals surface area contributed by atoms with Crippen LogP contribution in [0.2, 0.25) is 0 Å². The molecule has 1 aliphatic heterocycles. The second-order valence-electron chi connectivity index (χ2n) is 5.68. The standard InChI is InChI=1S/C19H21NO3/c1-13(21)20-10-9-15-11-17(22-2)18(23-3)12-16(15)19(20)14-7-5-4-6-8-14/h4-8,11-12,19H,9-10H2,1-3H3/t19-/m1/s1. The van der Waals surface area contributed by atoms with Crippen molar-refractivity contribution in [2.75, 3.05) is 20.8 Å². The van der Waals surface area contributed by atoms with Gasteiger partial charge in [0.15, 0.2) is 11.5 Å². The number of hydrogen-bond donors (Lipinski definition) is 0. The molecule has 120 valence electrons. The van der Waals surface area contributed by atoms with E-state index in [1.54, 1.807) is 21.1 Å². The lowest BCUT2D eigenvalue weighted by Crippen LogP contribution is -2.39.